The number of thiazole rings is 1. The van der Waals surface area contributed by atoms with Gasteiger partial charge in [0.15, 0.2) is 11.0 Å². The van der Waals surface area contributed by atoms with E-state index in [2.05, 4.69) is 20.2 Å². The van der Waals surface area contributed by atoms with E-state index in [0.717, 1.165) is 21.8 Å². The first kappa shape index (κ1) is 25.4. The Hall–Kier alpha value is -3.28. The summed E-state index contributed by atoms with van der Waals surface area (Å²) >= 11 is 9.29. The maximum Gasteiger partial charge on any atom is 0.273 e. The molecule has 4 heterocycles. The van der Waals surface area contributed by atoms with Crippen LogP contribution in [0.2, 0.25) is 5.02 Å². The highest BCUT2D eigenvalue weighted by Crippen LogP contribution is 2.32. The van der Waals surface area contributed by atoms with Crippen molar-refractivity contribution >= 4 is 46.5 Å². The number of carbonyl (C=O) groups is 2. The van der Waals surface area contributed by atoms with Crippen molar-refractivity contribution in [3.05, 3.63) is 69.4 Å². The van der Waals surface area contributed by atoms with E-state index in [1.807, 2.05) is 41.8 Å². The first-order valence-electron chi connectivity index (χ1n) is 11.6. The van der Waals surface area contributed by atoms with Crippen LogP contribution < -0.4 is 0 Å². The first-order chi connectivity index (χ1) is 17.9. The number of hydrogen-bond donors (Lipinski definition) is 0. The molecule has 37 heavy (non-hydrogen) atoms. The molecule has 0 spiro atoms. The topological polar surface area (TPSA) is 97.1 Å². The molecule has 1 fully saturated rings. The number of amides is 2. The third kappa shape index (κ3) is 5.53. The Labute approximate surface area is 227 Å². The number of thioether (sulfide) groups is 1. The zero-order valence-electron chi connectivity index (χ0n) is 20.3. The second-order valence-corrected chi connectivity index (χ2v) is 10.8. The molecular weight excluding hydrogens is 530 g/mol. The van der Waals surface area contributed by atoms with Gasteiger partial charge in [0.25, 0.3) is 5.91 Å². The van der Waals surface area contributed by atoms with Gasteiger partial charge in [-0.25, -0.2) is 4.98 Å². The lowest BCUT2D eigenvalue weighted by Gasteiger charge is -2.33. The SMILES string of the molecule is CC(=O)N1CCN(C(=O)c2csc(CSc3nnc(-c4ccncc4)n3-c3cc(Cl)ccc3C)n2)CC1. The normalized spacial score (nSPS) is 13.7. The average molecular weight is 554 g/mol. The molecule has 9 nitrogen and oxygen atoms in total. The summed E-state index contributed by atoms with van der Waals surface area (Å²) in [7, 11) is 0. The van der Waals surface area contributed by atoms with Crippen molar-refractivity contribution in [2.45, 2.75) is 24.8 Å². The fourth-order valence-electron chi connectivity index (χ4n) is 4.08. The number of pyridine rings is 1. The second kappa shape index (κ2) is 11.0. The average Bonchev–Trinajstić information content (AvgIpc) is 3.56. The number of halogens is 1. The number of aryl methyl sites for hydroxylation is 1. The highest BCUT2D eigenvalue weighted by atomic mass is 35.5. The monoisotopic (exact) mass is 553 g/mol. The van der Waals surface area contributed by atoms with Gasteiger partial charge in [-0.15, -0.1) is 21.5 Å². The fraction of sp³-hybridized carbons (Fsp3) is 0.280. The molecule has 1 aliphatic rings. The Morgan fingerprint density at radius 1 is 1.05 bits per heavy atom. The molecule has 3 aromatic heterocycles. The van der Waals surface area contributed by atoms with E-state index < -0.39 is 0 Å². The zero-order chi connectivity index (χ0) is 25.9. The van der Waals surface area contributed by atoms with Crippen LogP contribution in [-0.4, -0.2) is 72.5 Å². The van der Waals surface area contributed by atoms with Crippen LogP contribution in [0.5, 0.6) is 0 Å². The van der Waals surface area contributed by atoms with Crippen LogP contribution in [0.4, 0.5) is 0 Å². The van der Waals surface area contributed by atoms with E-state index >= 15 is 0 Å². The Morgan fingerprint density at radius 3 is 2.51 bits per heavy atom. The van der Waals surface area contributed by atoms with E-state index in [1.165, 1.54) is 23.1 Å². The minimum Gasteiger partial charge on any atom is -0.339 e. The molecule has 12 heteroatoms. The standard InChI is InChI=1S/C25H24ClN7O2S2/c1-16-3-4-19(26)13-21(16)33-23(18-5-7-27-8-6-18)29-30-25(33)37-15-22-28-20(14-36-22)24(35)32-11-9-31(10-12-32)17(2)34/h3-8,13-14H,9-12,15H2,1-2H3. The van der Waals surface area contributed by atoms with Crippen LogP contribution in [0.1, 0.15) is 28.0 Å². The van der Waals surface area contributed by atoms with Crippen molar-refractivity contribution in [2.24, 2.45) is 0 Å². The number of rotatable bonds is 6. The largest absolute Gasteiger partial charge is 0.339 e. The molecule has 0 saturated carbocycles. The molecule has 0 bridgehead atoms. The second-order valence-electron chi connectivity index (χ2n) is 8.52. The van der Waals surface area contributed by atoms with Crippen LogP contribution in [0.3, 0.4) is 0 Å². The van der Waals surface area contributed by atoms with Gasteiger partial charge in [0.1, 0.15) is 10.7 Å². The number of aromatic nitrogens is 5. The van der Waals surface area contributed by atoms with Crippen molar-refractivity contribution < 1.29 is 9.59 Å². The summed E-state index contributed by atoms with van der Waals surface area (Å²) in [6, 6.07) is 9.52. The van der Waals surface area contributed by atoms with Crippen LogP contribution in [0, 0.1) is 6.92 Å². The molecule has 2 amide bonds. The molecule has 4 aromatic rings. The van der Waals surface area contributed by atoms with Gasteiger partial charge in [-0.3, -0.25) is 19.1 Å². The molecule has 0 N–H and O–H groups in total. The van der Waals surface area contributed by atoms with E-state index in [-0.39, 0.29) is 11.8 Å². The van der Waals surface area contributed by atoms with Gasteiger partial charge >= 0.3 is 0 Å². The molecule has 1 saturated heterocycles. The molecule has 1 aromatic carbocycles. The van der Waals surface area contributed by atoms with E-state index in [1.54, 1.807) is 34.5 Å². The van der Waals surface area contributed by atoms with Crippen molar-refractivity contribution in [3.8, 4) is 17.1 Å². The van der Waals surface area contributed by atoms with Crippen molar-refractivity contribution in [3.63, 3.8) is 0 Å². The Balaban J connectivity index is 1.35. The lowest BCUT2D eigenvalue weighted by Crippen LogP contribution is -2.50. The Morgan fingerprint density at radius 2 is 1.78 bits per heavy atom. The van der Waals surface area contributed by atoms with Gasteiger partial charge in [-0.1, -0.05) is 29.4 Å². The predicted octanol–water partition coefficient (Wildman–Crippen LogP) is 4.34. The zero-order valence-corrected chi connectivity index (χ0v) is 22.7. The number of piperazine rings is 1. The highest BCUT2D eigenvalue weighted by Gasteiger charge is 2.25. The van der Waals surface area contributed by atoms with Crippen LogP contribution >= 0.6 is 34.7 Å². The summed E-state index contributed by atoms with van der Waals surface area (Å²) in [6.45, 7) is 5.69. The number of benzene rings is 1. The summed E-state index contributed by atoms with van der Waals surface area (Å²) in [5.74, 6) is 1.15. The van der Waals surface area contributed by atoms with Crippen molar-refractivity contribution in [1.82, 2.24) is 34.5 Å². The number of carbonyl (C=O) groups excluding carboxylic acids is 2. The van der Waals surface area contributed by atoms with Crippen LogP contribution in [0.15, 0.2) is 53.3 Å². The van der Waals surface area contributed by atoms with Gasteiger partial charge in [-0.05, 0) is 36.8 Å². The molecule has 5 rings (SSSR count). The third-order valence-corrected chi connectivity index (χ3v) is 8.30. The Bertz CT molecular complexity index is 1430. The molecule has 0 aliphatic carbocycles. The van der Waals surface area contributed by atoms with E-state index in [4.69, 9.17) is 11.6 Å². The minimum absolute atomic E-state index is 0.0352. The van der Waals surface area contributed by atoms with Crippen LogP contribution in [-0.2, 0) is 10.5 Å². The van der Waals surface area contributed by atoms with E-state index in [0.29, 0.717) is 53.6 Å². The highest BCUT2D eigenvalue weighted by molar-refractivity contribution is 7.98. The Kier molecular flexibility index (Phi) is 7.54. The number of hydrogen-bond acceptors (Lipinski definition) is 8. The van der Waals surface area contributed by atoms with Gasteiger partial charge in [0.05, 0.1) is 11.4 Å². The maximum atomic E-state index is 12.9. The smallest absolute Gasteiger partial charge is 0.273 e. The number of nitrogens with zero attached hydrogens (tertiary/aromatic N) is 7. The third-order valence-electron chi connectivity index (χ3n) is 6.09. The van der Waals surface area contributed by atoms with Gasteiger partial charge in [0, 0.05) is 61.5 Å². The quantitative estimate of drug-likeness (QED) is 0.327. The lowest BCUT2D eigenvalue weighted by atomic mass is 10.2. The van der Waals surface area contributed by atoms with Crippen molar-refractivity contribution in [1.29, 1.82) is 0 Å². The summed E-state index contributed by atoms with van der Waals surface area (Å²) in [5.41, 5.74) is 3.25. The van der Waals surface area contributed by atoms with E-state index in [9.17, 15) is 9.59 Å². The summed E-state index contributed by atoms with van der Waals surface area (Å²) in [4.78, 5) is 36.7. The van der Waals surface area contributed by atoms with Gasteiger partial charge < -0.3 is 9.80 Å². The summed E-state index contributed by atoms with van der Waals surface area (Å²) in [5, 5.41) is 12.9. The molecule has 190 valence electrons. The summed E-state index contributed by atoms with van der Waals surface area (Å²) < 4.78 is 2.00. The molecule has 0 atom stereocenters. The predicted molar refractivity (Wildman–Crippen MR) is 144 cm³/mol. The molecular formula is C25H24ClN7O2S2. The van der Waals surface area contributed by atoms with Gasteiger partial charge in [-0.2, -0.15) is 0 Å². The van der Waals surface area contributed by atoms with Gasteiger partial charge in [0.2, 0.25) is 5.91 Å². The first-order valence-corrected chi connectivity index (χ1v) is 13.9. The molecule has 0 radical (unpaired) electrons. The molecule has 1 aliphatic heterocycles. The summed E-state index contributed by atoms with van der Waals surface area (Å²) in [6.07, 6.45) is 3.44. The minimum atomic E-state index is -0.103. The lowest BCUT2D eigenvalue weighted by molar-refractivity contribution is -0.130. The maximum absolute atomic E-state index is 12.9. The van der Waals surface area contributed by atoms with Crippen LogP contribution in [0.25, 0.3) is 17.1 Å². The van der Waals surface area contributed by atoms with Crippen molar-refractivity contribution in [2.75, 3.05) is 26.2 Å². The fourth-order valence-corrected chi connectivity index (χ4v) is 5.98. The molecule has 0 unspecified atom stereocenters.